The largest absolute Gasteiger partial charge is 0.343 e. The van der Waals surface area contributed by atoms with Gasteiger partial charge in [-0.05, 0) is 18.5 Å². The van der Waals surface area contributed by atoms with Crippen molar-refractivity contribution in [2.45, 2.75) is 19.0 Å². The van der Waals surface area contributed by atoms with E-state index in [1.165, 1.54) is 5.56 Å². The molecule has 2 saturated heterocycles. The minimum Gasteiger partial charge on any atom is -0.343 e. The second-order valence-corrected chi connectivity index (χ2v) is 5.14. The van der Waals surface area contributed by atoms with Crippen molar-refractivity contribution in [3.05, 3.63) is 35.9 Å². The summed E-state index contributed by atoms with van der Waals surface area (Å²) in [5, 5.41) is 6.27. The third-order valence-electron chi connectivity index (χ3n) is 3.91. The molecule has 2 aliphatic rings. The molecule has 2 fully saturated rings. The Morgan fingerprint density at radius 3 is 2.84 bits per heavy atom. The van der Waals surface area contributed by atoms with Gasteiger partial charge in [0.05, 0.1) is 12.6 Å². The molecule has 0 spiro atoms. The monoisotopic (exact) mass is 281 g/mol. The van der Waals surface area contributed by atoms with Crippen LogP contribution in [0.3, 0.4) is 0 Å². The SMILES string of the molecule is Cl.O=C1NCNC2CN(Cc3ccccc3)CCC12. The van der Waals surface area contributed by atoms with Crippen LogP contribution in [-0.4, -0.2) is 36.6 Å². The van der Waals surface area contributed by atoms with E-state index in [1.807, 2.05) is 6.07 Å². The number of amides is 1. The number of benzene rings is 1. The van der Waals surface area contributed by atoms with Crippen molar-refractivity contribution in [3.8, 4) is 0 Å². The van der Waals surface area contributed by atoms with Crippen LogP contribution in [0.25, 0.3) is 0 Å². The van der Waals surface area contributed by atoms with Crippen LogP contribution in [0.4, 0.5) is 0 Å². The first-order valence-corrected chi connectivity index (χ1v) is 6.60. The predicted octanol–water partition coefficient (Wildman–Crippen LogP) is 0.976. The fourth-order valence-corrected chi connectivity index (χ4v) is 2.93. The van der Waals surface area contributed by atoms with Crippen molar-refractivity contribution in [1.82, 2.24) is 15.5 Å². The summed E-state index contributed by atoms with van der Waals surface area (Å²) in [6, 6.07) is 10.8. The standard InChI is InChI=1S/C14H19N3O.ClH/c18-14-12-6-7-17(9-13(12)15-10-16-14)8-11-4-2-1-3-5-11;/h1-5,12-13,15H,6-10H2,(H,16,18);1H. The number of hydrogen-bond donors (Lipinski definition) is 2. The molecule has 104 valence electrons. The molecule has 1 aromatic rings. The molecule has 2 atom stereocenters. The van der Waals surface area contributed by atoms with Gasteiger partial charge in [0, 0.05) is 19.1 Å². The van der Waals surface area contributed by atoms with Crippen molar-refractivity contribution >= 4 is 18.3 Å². The second kappa shape index (κ2) is 6.37. The zero-order chi connectivity index (χ0) is 12.4. The lowest BCUT2D eigenvalue weighted by Crippen LogP contribution is -2.61. The molecular weight excluding hydrogens is 262 g/mol. The highest BCUT2D eigenvalue weighted by Crippen LogP contribution is 2.21. The number of fused-ring (bicyclic) bond motifs is 1. The third-order valence-corrected chi connectivity index (χ3v) is 3.91. The van der Waals surface area contributed by atoms with Gasteiger partial charge in [-0.3, -0.25) is 15.0 Å². The van der Waals surface area contributed by atoms with Crippen molar-refractivity contribution in [2.24, 2.45) is 5.92 Å². The van der Waals surface area contributed by atoms with E-state index in [0.29, 0.717) is 12.7 Å². The smallest absolute Gasteiger partial charge is 0.225 e. The van der Waals surface area contributed by atoms with Gasteiger partial charge in [0.25, 0.3) is 0 Å². The number of carbonyl (C=O) groups excluding carboxylic acids is 1. The van der Waals surface area contributed by atoms with E-state index in [4.69, 9.17) is 0 Å². The molecule has 0 aliphatic carbocycles. The van der Waals surface area contributed by atoms with Gasteiger partial charge in [0.1, 0.15) is 0 Å². The quantitative estimate of drug-likeness (QED) is 0.849. The average molecular weight is 282 g/mol. The summed E-state index contributed by atoms with van der Waals surface area (Å²) in [6.07, 6.45) is 0.955. The topological polar surface area (TPSA) is 44.4 Å². The summed E-state index contributed by atoms with van der Waals surface area (Å²) in [4.78, 5) is 14.2. The molecular formula is C14H20ClN3O. The van der Waals surface area contributed by atoms with Crippen LogP contribution in [0.1, 0.15) is 12.0 Å². The number of carbonyl (C=O) groups is 1. The molecule has 3 rings (SSSR count). The number of piperidine rings is 1. The summed E-state index contributed by atoms with van der Waals surface area (Å²) < 4.78 is 0. The van der Waals surface area contributed by atoms with E-state index in [-0.39, 0.29) is 24.2 Å². The Hall–Kier alpha value is -1.10. The van der Waals surface area contributed by atoms with E-state index >= 15 is 0 Å². The first-order chi connectivity index (χ1) is 8.83. The van der Waals surface area contributed by atoms with Crippen LogP contribution in [-0.2, 0) is 11.3 Å². The van der Waals surface area contributed by atoms with E-state index in [0.717, 1.165) is 26.1 Å². The normalized spacial score (nSPS) is 27.1. The summed E-state index contributed by atoms with van der Waals surface area (Å²) in [5.41, 5.74) is 1.34. The molecule has 2 heterocycles. The Morgan fingerprint density at radius 1 is 1.26 bits per heavy atom. The Morgan fingerprint density at radius 2 is 2.05 bits per heavy atom. The Bertz CT molecular complexity index is 426. The minimum absolute atomic E-state index is 0. The van der Waals surface area contributed by atoms with E-state index in [2.05, 4.69) is 39.8 Å². The molecule has 5 heteroatoms. The first kappa shape index (κ1) is 14.3. The van der Waals surface area contributed by atoms with Crippen LogP contribution >= 0.6 is 12.4 Å². The maximum absolute atomic E-state index is 11.7. The number of hydrogen-bond acceptors (Lipinski definition) is 3. The van der Waals surface area contributed by atoms with Crippen molar-refractivity contribution in [2.75, 3.05) is 19.8 Å². The molecule has 2 N–H and O–H groups in total. The summed E-state index contributed by atoms with van der Waals surface area (Å²) in [7, 11) is 0. The fourth-order valence-electron chi connectivity index (χ4n) is 2.93. The van der Waals surface area contributed by atoms with E-state index < -0.39 is 0 Å². The molecule has 1 amide bonds. The van der Waals surface area contributed by atoms with Gasteiger partial charge in [-0.2, -0.15) is 0 Å². The van der Waals surface area contributed by atoms with Gasteiger partial charge < -0.3 is 5.32 Å². The first-order valence-electron chi connectivity index (χ1n) is 6.60. The number of nitrogens with one attached hydrogen (secondary N) is 2. The van der Waals surface area contributed by atoms with Crippen LogP contribution in [0, 0.1) is 5.92 Å². The van der Waals surface area contributed by atoms with E-state index in [9.17, 15) is 4.79 Å². The van der Waals surface area contributed by atoms with Gasteiger partial charge in [-0.15, -0.1) is 12.4 Å². The molecule has 2 aliphatic heterocycles. The maximum Gasteiger partial charge on any atom is 0.225 e. The molecule has 19 heavy (non-hydrogen) atoms. The zero-order valence-electron chi connectivity index (χ0n) is 10.8. The highest BCUT2D eigenvalue weighted by molar-refractivity contribution is 5.85. The molecule has 0 aromatic heterocycles. The van der Waals surface area contributed by atoms with Crippen LogP contribution < -0.4 is 10.6 Å². The second-order valence-electron chi connectivity index (χ2n) is 5.14. The Kier molecular flexibility index (Phi) is 4.80. The number of rotatable bonds is 2. The van der Waals surface area contributed by atoms with Gasteiger partial charge >= 0.3 is 0 Å². The molecule has 4 nitrogen and oxygen atoms in total. The molecule has 1 aromatic carbocycles. The van der Waals surface area contributed by atoms with Gasteiger partial charge in [0.15, 0.2) is 0 Å². The number of halogens is 1. The van der Waals surface area contributed by atoms with Gasteiger partial charge in [-0.25, -0.2) is 0 Å². The molecule has 0 saturated carbocycles. The van der Waals surface area contributed by atoms with Crippen molar-refractivity contribution in [1.29, 1.82) is 0 Å². The summed E-state index contributed by atoms with van der Waals surface area (Å²) in [6.45, 7) is 3.56. The minimum atomic E-state index is 0. The van der Waals surface area contributed by atoms with Crippen molar-refractivity contribution < 1.29 is 4.79 Å². The lowest BCUT2D eigenvalue weighted by atomic mass is 9.89. The van der Waals surface area contributed by atoms with Crippen LogP contribution in [0.2, 0.25) is 0 Å². The number of likely N-dealkylation sites (tertiary alicyclic amines) is 1. The average Bonchev–Trinajstić information content (AvgIpc) is 2.40. The van der Waals surface area contributed by atoms with Gasteiger partial charge in [-0.1, -0.05) is 30.3 Å². The molecule has 0 bridgehead atoms. The van der Waals surface area contributed by atoms with E-state index in [1.54, 1.807) is 0 Å². The number of nitrogens with zero attached hydrogens (tertiary/aromatic N) is 1. The predicted molar refractivity (Wildman–Crippen MR) is 77.0 cm³/mol. The highest BCUT2D eigenvalue weighted by Gasteiger charge is 2.36. The maximum atomic E-state index is 11.7. The fraction of sp³-hybridized carbons (Fsp3) is 0.500. The Balaban J connectivity index is 0.00000133. The van der Waals surface area contributed by atoms with Crippen molar-refractivity contribution in [3.63, 3.8) is 0 Å². The Labute approximate surface area is 120 Å². The lowest BCUT2D eigenvalue weighted by molar-refractivity contribution is -0.129. The van der Waals surface area contributed by atoms with Gasteiger partial charge in [0.2, 0.25) is 5.91 Å². The lowest BCUT2D eigenvalue weighted by Gasteiger charge is -2.41. The zero-order valence-corrected chi connectivity index (χ0v) is 11.7. The molecule has 0 radical (unpaired) electrons. The van der Waals surface area contributed by atoms with Crippen LogP contribution in [0.15, 0.2) is 30.3 Å². The van der Waals surface area contributed by atoms with Crippen LogP contribution in [0.5, 0.6) is 0 Å². The summed E-state index contributed by atoms with van der Waals surface area (Å²) >= 11 is 0. The molecule has 2 unspecified atom stereocenters. The highest BCUT2D eigenvalue weighted by atomic mass is 35.5. The third kappa shape index (κ3) is 3.26. The summed E-state index contributed by atoms with van der Waals surface area (Å²) in [5.74, 6) is 0.379.